The Hall–Kier alpha value is -3.36. The maximum atomic E-state index is 3.53. The van der Waals surface area contributed by atoms with Gasteiger partial charge in [0.2, 0.25) is 0 Å². The van der Waals surface area contributed by atoms with Gasteiger partial charge in [-0.15, -0.1) is 45.3 Å². The fourth-order valence-electron chi connectivity index (χ4n) is 5.39. The third kappa shape index (κ3) is 6.30. The molecule has 0 spiro atoms. The Balaban J connectivity index is 0.961. The molecular weight excluding hydrogens is 769 g/mol. The van der Waals surface area contributed by atoms with E-state index in [1.54, 1.807) is 0 Å². The monoisotopic (exact) mass is 790 g/mol. The van der Waals surface area contributed by atoms with E-state index >= 15 is 0 Å². The van der Waals surface area contributed by atoms with Crippen LogP contribution in [0, 0.1) is 0 Å². The Morgan fingerprint density at radius 1 is 0.217 bits per heavy atom. The van der Waals surface area contributed by atoms with Crippen LogP contribution in [0.15, 0.2) is 155 Å². The summed E-state index contributed by atoms with van der Waals surface area (Å²) in [7, 11) is 0. The Morgan fingerprint density at radius 3 is 0.696 bits per heavy atom. The van der Waals surface area contributed by atoms with E-state index in [2.05, 4.69) is 177 Å². The molecule has 222 valence electrons. The zero-order valence-electron chi connectivity index (χ0n) is 24.2. The van der Waals surface area contributed by atoms with E-state index in [1.165, 1.54) is 72.4 Å². The summed E-state index contributed by atoms with van der Waals surface area (Å²) < 4.78 is 2.20. The molecule has 6 heteroatoms. The van der Waals surface area contributed by atoms with Crippen molar-refractivity contribution < 1.29 is 0 Å². The van der Waals surface area contributed by atoms with Crippen LogP contribution in [0.1, 0.15) is 0 Å². The topological polar surface area (TPSA) is 0 Å². The summed E-state index contributed by atoms with van der Waals surface area (Å²) in [6.45, 7) is 0. The zero-order valence-corrected chi connectivity index (χ0v) is 30.7. The van der Waals surface area contributed by atoms with Crippen molar-refractivity contribution in [3.63, 3.8) is 0 Å². The molecule has 0 unspecified atom stereocenters. The largest absolute Gasteiger partial charge is 0.134 e. The Morgan fingerprint density at radius 2 is 0.413 bits per heavy atom. The molecule has 46 heavy (non-hydrogen) atoms. The van der Waals surface area contributed by atoms with Crippen LogP contribution >= 0.6 is 77.2 Å². The highest BCUT2D eigenvalue weighted by atomic mass is 79.9. The van der Waals surface area contributed by atoms with Crippen LogP contribution in [0.2, 0.25) is 0 Å². The molecule has 4 aromatic heterocycles. The molecule has 0 saturated carbocycles. The van der Waals surface area contributed by atoms with Crippen molar-refractivity contribution in [2.45, 2.75) is 0 Å². The van der Waals surface area contributed by atoms with E-state index in [-0.39, 0.29) is 0 Å². The van der Waals surface area contributed by atoms with Crippen LogP contribution in [-0.2, 0) is 0 Å². The average molecular weight is 793 g/mol. The second kappa shape index (κ2) is 13.0. The van der Waals surface area contributed by atoms with E-state index in [4.69, 9.17) is 0 Å². The summed E-state index contributed by atoms with van der Waals surface area (Å²) in [5.74, 6) is 0. The number of hydrogen-bond donors (Lipinski definition) is 0. The smallest absolute Gasteiger partial charge is 0.0449 e. The fourth-order valence-corrected chi connectivity index (χ4v) is 10.2. The first-order chi connectivity index (χ1) is 22.6. The molecule has 0 saturated heterocycles. The third-order valence-electron chi connectivity index (χ3n) is 7.85. The summed E-state index contributed by atoms with van der Waals surface area (Å²) in [5, 5.41) is 0. The van der Waals surface area contributed by atoms with Gasteiger partial charge in [-0.3, -0.25) is 0 Å². The van der Waals surface area contributed by atoms with Gasteiger partial charge in [-0.25, -0.2) is 0 Å². The molecule has 0 aliphatic carbocycles. The second-order valence-corrected chi connectivity index (χ2v) is 17.0. The highest BCUT2D eigenvalue weighted by molar-refractivity contribution is 9.10. The molecule has 0 aliphatic rings. The van der Waals surface area contributed by atoms with Crippen LogP contribution in [0.5, 0.6) is 0 Å². The SMILES string of the molecule is Brc1ccc(-c2ccc(-c3ccc(-c4ccc(-c5ccc(-c6ccc(-c7ccc(-c8ccc(Br)cc8)cc7)s6)s5)s4)s3)cc2)cc1. The van der Waals surface area contributed by atoms with Crippen LogP contribution in [0.25, 0.3) is 72.4 Å². The molecule has 0 nitrogen and oxygen atoms in total. The normalized spacial score (nSPS) is 11.3. The van der Waals surface area contributed by atoms with Gasteiger partial charge in [0.1, 0.15) is 0 Å². The summed E-state index contributed by atoms with van der Waals surface area (Å²) in [6, 6.07) is 52.8. The molecule has 0 amide bonds. The quantitative estimate of drug-likeness (QED) is 0.151. The summed E-state index contributed by atoms with van der Waals surface area (Å²) in [6.07, 6.45) is 0. The van der Waals surface area contributed by atoms with Gasteiger partial charge in [-0.1, -0.05) is 105 Å². The number of rotatable bonds is 7. The zero-order chi connectivity index (χ0) is 31.0. The second-order valence-electron chi connectivity index (χ2n) is 10.8. The van der Waals surface area contributed by atoms with E-state index in [1.807, 2.05) is 45.3 Å². The van der Waals surface area contributed by atoms with Gasteiger partial charge in [0.05, 0.1) is 0 Å². The van der Waals surface area contributed by atoms with Gasteiger partial charge in [0.15, 0.2) is 0 Å². The molecule has 4 aromatic carbocycles. The van der Waals surface area contributed by atoms with E-state index < -0.39 is 0 Å². The van der Waals surface area contributed by atoms with Gasteiger partial charge in [-0.2, -0.15) is 0 Å². The molecule has 8 rings (SSSR count). The van der Waals surface area contributed by atoms with Crippen molar-refractivity contribution >= 4 is 77.2 Å². The van der Waals surface area contributed by atoms with E-state index in [0.29, 0.717) is 0 Å². The third-order valence-corrected chi connectivity index (χ3v) is 13.9. The molecule has 4 heterocycles. The van der Waals surface area contributed by atoms with Gasteiger partial charge < -0.3 is 0 Å². The van der Waals surface area contributed by atoms with Crippen molar-refractivity contribution in [1.29, 1.82) is 0 Å². The molecule has 0 atom stereocenters. The van der Waals surface area contributed by atoms with Crippen molar-refractivity contribution in [1.82, 2.24) is 0 Å². The lowest BCUT2D eigenvalue weighted by Gasteiger charge is -2.03. The maximum absolute atomic E-state index is 3.53. The molecular formula is C40H24Br2S4. The van der Waals surface area contributed by atoms with Crippen LogP contribution in [0.3, 0.4) is 0 Å². The fraction of sp³-hybridized carbons (Fsp3) is 0. The average Bonchev–Trinajstić information content (AvgIpc) is 3.92. The van der Waals surface area contributed by atoms with E-state index in [0.717, 1.165) is 8.95 Å². The highest BCUT2D eigenvalue weighted by Crippen LogP contribution is 2.45. The van der Waals surface area contributed by atoms with Gasteiger partial charge >= 0.3 is 0 Å². The highest BCUT2D eigenvalue weighted by Gasteiger charge is 2.13. The molecule has 0 radical (unpaired) electrons. The lowest BCUT2D eigenvalue weighted by atomic mass is 10.0. The van der Waals surface area contributed by atoms with Crippen molar-refractivity contribution in [2.75, 3.05) is 0 Å². The summed E-state index contributed by atoms with van der Waals surface area (Å²) in [5.41, 5.74) is 7.44. The molecule has 0 fully saturated rings. The lowest BCUT2D eigenvalue weighted by molar-refractivity contribution is 1.59. The minimum Gasteiger partial charge on any atom is -0.134 e. The van der Waals surface area contributed by atoms with Crippen LogP contribution in [-0.4, -0.2) is 0 Å². The van der Waals surface area contributed by atoms with Crippen LogP contribution < -0.4 is 0 Å². The van der Waals surface area contributed by atoms with Crippen LogP contribution in [0.4, 0.5) is 0 Å². The standard InChI is InChI=1S/C40H24Br2S4/c41-31-13-9-27(10-14-31)25-1-5-29(6-2-25)33-17-19-35(43-33)37-21-23-39(45-37)40-24-22-38(46-40)36-20-18-34(44-36)30-7-3-26(4-8-30)28-11-15-32(42)16-12-28/h1-24H. The summed E-state index contributed by atoms with van der Waals surface area (Å²) >= 11 is 14.5. The van der Waals surface area contributed by atoms with Crippen molar-refractivity contribution in [3.8, 4) is 72.4 Å². The van der Waals surface area contributed by atoms with Crippen molar-refractivity contribution in [2.24, 2.45) is 0 Å². The van der Waals surface area contributed by atoms with Gasteiger partial charge in [0.25, 0.3) is 0 Å². The van der Waals surface area contributed by atoms with Gasteiger partial charge in [-0.05, 0) is 106 Å². The lowest BCUT2D eigenvalue weighted by Crippen LogP contribution is -1.78. The Bertz CT molecular complexity index is 2080. The predicted octanol–water partition coefficient (Wildman–Crippen LogP) is 15.1. The number of benzene rings is 4. The minimum absolute atomic E-state index is 1.10. The first-order valence-corrected chi connectivity index (χ1v) is 19.5. The van der Waals surface area contributed by atoms with E-state index in [9.17, 15) is 0 Å². The Kier molecular flexibility index (Phi) is 8.50. The number of thiophene rings is 4. The molecule has 0 N–H and O–H groups in total. The molecule has 8 aromatic rings. The maximum Gasteiger partial charge on any atom is 0.0449 e. The minimum atomic E-state index is 1.10. The summed E-state index contributed by atoms with van der Waals surface area (Å²) in [4.78, 5) is 10.5. The molecule has 0 bridgehead atoms. The predicted molar refractivity (Wildman–Crippen MR) is 211 cm³/mol. The Labute approximate surface area is 301 Å². The molecule has 0 aliphatic heterocycles. The number of hydrogen-bond acceptors (Lipinski definition) is 4. The number of halogens is 2. The first-order valence-electron chi connectivity index (χ1n) is 14.7. The van der Waals surface area contributed by atoms with Crippen molar-refractivity contribution in [3.05, 3.63) is 155 Å². The van der Waals surface area contributed by atoms with Gasteiger partial charge in [0, 0.05) is 48.0 Å². The first kappa shape index (κ1) is 30.0.